The molecule has 0 spiro atoms. The maximum atomic E-state index is 11.6. The predicted molar refractivity (Wildman–Crippen MR) is 72.5 cm³/mol. The fourth-order valence-electron chi connectivity index (χ4n) is 1.35. The first-order valence-corrected chi connectivity index (χ1v) is 5.64. The summed E-state index contributed by atoms with van der Waals surface area (Å²) in [6.45, 7) is 7.79. The quantitative estimate of drug-likeness (QED) is 0.608. The number of hydrogen-bond donors (Lipinski definition) is 2. The van der Waals surface area contributed by atoms with Crippen molar-refractivity contribution in [1.82, 2.24) is 5.32 Å². The molecular weight excluding hydrogens is 212 g/mol. The molecule has 1 amide bonds. The molecule has 3 N–H and O–H groups in total. The third-order valence-electron chi connectivity index (χ3n) is 2.23. The first-order valence-electron chi connectivity index (χ1n) is 5.64. The lowest BCUT2D eigenvalue weighted by Crippen LogP contribution is -2.39. The van der Waals surface area contributed by atoms with Gasteiger partial charge in [0.15, 0.2) is 0 Å². The van der Waals surface area contributed by atoms with Gasteiger partial charge in [-0.1, -0.05) is 12.1 Å². The van der Waals surface area contributed by atoms with Crippen molar-refractivity contribution in [2.24, 2.45) is 0 Å². The number of amides is 1. The summed E-state index contributed by atoms with van der Waals surface area (Å²) in [5.74, 6) is -0.100. The Hall–Kier alpha value is -1.77. The van der Waals surface area contributed by atoms with Crippen molar-refractivity contribution in [2.75, 3.05) is 5.73 Å². The second-order valence-electron chi connectivity index (χ2n) is 5.19. The molecule has 0 bridgehead atoms. The average molecular weight is 232 g/mol. The van der Waals surface area contributed by atoms with Crippen LogP contribution >= 0.6 is 0 Å². The number of benzene rings is 1. The van der Waals surface area contributed by atoms with Crippen molar-refractivity contribution < 1.29 is 4.79 Å². The molecule has 0 aromatic heterocycles. The Morgan fingerprint density at radius 1 is 1.35 bits per heavy atom. The highest BCUT2D eigenvalue weighted by Gasteiger charge is 2.10. The van der Waals surface area contributed by atoms with Gasteiger partial charge in [-0.15, -0.1) is 0 Å². The largest absolute Gasteiger partial charge is 0.398 e. The van der Waals surface area contributed by atoms with E-state index in [2.05, 4.69) is 5.32 Å². The molecule has 92 valence electrons. The van der Waals surface area contributed by atoms with E-state index in [1.54, 1.807) is 6.08 Å². The smallest absolute Gasteiger partial charge is 0.244 e. The Kier molecular flexibility index (Phi) is 3.94. The van der Waals surface area contributed by atoms with Gasteiger partial charge in [0.2, 0.25) is 5.91 Å². The van der Waals surface area contributed by atoms with E-state index < -0.39 is 0 Å². The maximum Gasteiger partial charge on any atom is 0.244 e. The third-order valence-corrected chi connectivity index (χ3v) is 2.23. The molecule has 0 saturated heterocycles. The highest BCUT2D eigenvalue weighted by atomic mass is 16.1. The van der Waals surface area contributed by atoms with Gasteiger partial charge in [0.05, 0.1) is 0 Å². The lowest BCUT2D eigenvalue weighted by molar-refractivity contribution is -0.117. The summed E-state index contributed by atoms with van der Waals surface area (Å²) < 4.78 is 0. The van der Waals surface area contributed by atoms with Crippen LogP contribution in [0.5, 0.6) is 0 Å². The van der Waals surface area contributed by atoms with Crippen LogP contribution in [0, 0.1) is 6.92 Å². The monoisotopic (exact) mass is 232 g/mol. The van der Waals surface area contributed by atoms with Crippen molar-refractivity contribution in [3.8, 4) is 0 Å². The number of carbonyl (C=O) groups is 1. The van der Waals surface area contributed by atoms with E-state index in [-0.39, 0.29) is 11.4 Å². The Morgan fingerprint density at radius 2 is 2.00 bits per heavy atom. The molecule has 17 heavy (non-hydrogen) atoms. The summed E-state index contributed by atoms with van der Waals surface area (Å²) in [5, 5.41) is 2.86. The van der Waals surface area contributed by atoms with E-state index in [0.717, 1.165) is 16.8 Å². The van der Waals surface area contributed by atoms with Crippen LogP contribution in [0.25, 0.3) is 6.08 Å². The Bertz CT molecular complexity index is 442. The summed E-state index contributed by atoms with van der Waals surface area (Å²) in [6.07, 6.45) is 3.28. The van der Waals surface area contributed by atoms with E-state index in [0.29, 0.717) is 0 Å². The van der Waals surface area contributed by atoms with Gasteiger partial charge in [-0.3, -0.25) is 4.79 Å². The van der Waals surface area contributed by atoms with Gasteiger partial charge in [0.1, 0.15) is 0 Å². The Labute approximate surface area is 103 Å². The Morgan fingerprint density at radius 3 is 2.53 bits per heavy atom. The molecule has 3 heteroatoms. The zero-order valence-corrected chi connectivity index (χ0v) is 10.9. The molecule has 1 rings (SSSR count). The molecule has 0 fully saturated rings. The van der Waals surface area contributed by atoms with Gasteiger partial charge < -0.3 is 11.1 Å². The van der Waals surface area contributed by atoms with Gasteiger partial charge in [-0.2, -0.15) is 0 Å². The maximum absolute atomic E-state index is 11.6. The molecule has 0 atom stereocenters. The van der Waals surface area contributed by atoms with Crippen LogP contribution in [0.3, 0.4) is 0 Å². The number of nitrogens with one attached hydrogen (secondary N) is 1. The van der Waals surface area contributed by atoms with Crippen molar-refractivity contribution >= 4 is 17.7 Å². The Balaban J connectivity index is 2.71. The van der Waals surface area contributed by atoms with E-state index >= 15 is 0 Å². The summed E-state index contributed by atoms with van der Waals surface area (Å²) in [5.41, 5.74) is 8.29. The van der Waals surface area contributed by atoms with E-state index in [9.17, 15) is 4.79 Å². The second kappa shape index (κ2) is 5.04. The highest BCUT2D eigenvalue weighted by Crippen LogP contribution is 2.13. The molecule has 3 nitrogen and oxygen atoms in total. The van der Waals surface area contributed by atoms with Crippen LogP contribution < -0.4 is 11.1 Å². The zero-order valence-electron chi connectivity index (χ0n) is 10.9. The van der Waals surface area contributed by atoms with E-state index in [1.807, 2.05) is 45.9 Å². The first-order chi connectivity index (χ1) is 7.78. The topological polar surface area (TPSA) is 55.1 Å². The average Bonchev–Trinajstić information content (AvgIpc) is 2.17. The zero-order chi connectivity index (χ0) is 13.1. The number of carbonyl (C=O) groups excluding carboxylic acids is 1. The number of aryl methyl sites for hydroxylation is 1. The van der Waals surface area contributed by atoms with E-state index in [1.165, 1.54) is 6.08 Å². The normalized spacial score (nSPS) is 11.8. The molecule has 1 aromatic carbocycles. The molecule has 0 unspecified atom stereocenters. The molecule has 0 aliphatic rings. The van der Waals surface area contributed by atoms with Crippen molar-refractivity contribution in [2.45, 2.75) is 33.2 Å². The van der Waals surface area contributed by atoms with Gasteiger partial charge in [-0.25, -0.2) is 0 Å². The number of nitrogens with two attached hydrogens (primary N) is 1. The number of nitrogen functional groups attached to an aromatic ring is 1. The molecular formula is C14H20N2O. The van der Waals surface area contributed by atoms with Crippen LogP contribution in [0.4, 0.5) is 5.69 Å². The van der Waals surface area contributed by atoms with Crippen molar-refractivity contribution in [1.29, 1.82) is 0 Å². The molecule has 0 aliphatic carbocycles. The molecule has 0 radical (unpaired) electrons. The van der Waals surface area contributed by atoms with E-state index in [4.69, 9.17) is 5.73 Å². The highest BCUT2D eigenvalue weighted by molar-refractivity contribution is 5.92. The fourth-order valence-corrected chi connectivity index (χ4v) is 1.35. The van der Waals surface area contributed by atoms with Gasteiger partial charge in [0.25, 0.3) is 0 Å². The molecule has 0 heterocycles. The summed E-state index contributed by atoms with van der Waals surface area (Å²) >= 11 is 0. The standard InChI is InChI=1S/C14H20N2O/c1-10-5-6-11(9-12(10)15)7-8-13(17)16-14(2,3)4/h5-9H,15H2,1-4H3,(H,16,17)/b8-7+. The SMILES string of the molecule is Cc1ccc(/C=C/C(=O)NC(C)(C)C)cc1N. The predicted octanol–water partition coefficient (Wildman–Crippen LogP) is 2.51. The first kappa shape index (κ1) is 13.3. The summed E-state index contributed by atoms with van der Waals surface area (Å²) in [4.78, 5) is 11.6. The number of rotatable bonds is 2. The minimum Gasteiger partial charge on any atom is -0.398 e. The van der Waals surface area contributed by atoms with Crippen LogP contribution in [0.2, 0.25) is 0 Å². The van der Waals surface area contributed by atoms with Crippen LogP contribution in [-0.4, -0.2) is 11.4 Å². The molecule has 1 aromatic rings. The molecule has 0 saturated carbocycles. The van der Waals surface area contributed by atoms with Gasteiger partial charge in [-0.05, 0) is 51.0 Å². The lowest BCUT2D eigenvalue weighted by atomic mass is 10.1. The van der Waals surface area contributed by atoms with Crippen molar-refractivity contribution in [3.63, 3.8) is 0 Å². The van der Waals surface area contributed by atoms with Crippen LogP contribution in [0.15, 0.2) is 24.3 Å². The fraction of sp³-hybridized carbons (Fsp3) is 0.357. The lowest BCUT2D eigenvalue weighted by Gasteiger charge is -2.18. The molecule has 0 aliphatic heterocycles. The van der Waals surface area contributed by atoms with Gasteiger partial charge >= 0.3 is 0 Å². The van der Waals surface area contributed by atoms with Crippen LogP contribution in [-0.2, 0) is 4.79 Å². The summed E-state index contributed by atoms with van der Waals surface area (Å²) in [7, 11) is 0. The minimum absolute atomic E-state index is 0.100. The summed E-state index contributed by atoms with van der Waals surface area (Å²) in [6, 6.07) is 5.74. The number of anilines is 1. The second-order valence-corrected chi connectivity index (χ2v) is 5.19. The minimum atomic E-state index is -0.215. The van der Waals surface area contributed by atoms with Crippen LogP contribution in [0.1, 0.15) is 31.9 Å². The number of hydrogen-bond acceptors (Lipinski definition) is 2. The van der Waals surface area contributed by atoms with Gasteiger partial charge in [0, 0.05) is 17.3 Å². The van der Waals surface area contributed by atoms with Crippen molar-refractivity contribution in [3.05, 3.63) is 35.4 Å². The third kappa shape index (κ3) is 4.72.